The zero-order valence-corrected chi connectivity index (χ0v) is 12.5. The molecule has 0 aliphatic carbocycles. The van der Waals surface area contributed by atoms with Crippen molar-refractivity contribution in [2.24, 2.45) is 0 Å². The number of nitrogens with zero attached hydrogens (tertiary/aromatic N) is 1. The molecular weight excluding hydrogens is 342 g/mol. The Kier molecular flexibility index (Phi) is 4.23. The second-order valence-electron chi connectivity index (χ2n) is 4.21. The van der Waals surface area contributed by atoms with Crippen LogP contribution in [0.15, 0.2) is 40.9 Å². The molecule has 7 heteroatoms. The highest BCUT2D eigenvalue weighted by molar-refractivity contribution is 9.10. The van der Waals surface area contributed by atoms with E-state index in [1.54, 1.807) is 19.1 Å². The largest absolute Gasteiger partial charge is 0.478 e. The van der Waals surface area contributed by atoms with Crippen LogP contribution in [0.4, 0.5) is 5.69 Å². The summed E-state index contributed by atoms with van der Waals surface area (Å²) in [6.07, 6.45) is 0. The van der Waals surface area contributed by atoms with Gasteiger partial charge in [0.1, 0.15) is 17.1 Å². The van der Waals surface area contributed by atoms with E-state index in [1.165, 1.54) is 24.3 Å². The molecular formula is C14H10BrNO5. The molecule has 2 aromatic rings. The third-order valence-corrected chi connectivity index (χ3v) is 3.34. The number of nitro benzene ring substituents is 1. The molecule has 0 heterocycles. The van der Waals surface area contributed by atoms with Crippen LogP contribution in [0.5, 0.6) is 11.5 Å². The number of ether oxygens (including phenoxy) is 1. The lowest BCUT2D eigenvalue weighted by Gasteiger charge is -2.11. The lowest BCUT2D eigenvalue weighted by Crippen LogP contribution is -2.01. The Labute approximate surface area is 128 Å². The van der Waals surface area contributed by atoms with Gasteiger partial charge in [-0.2, -0.15) is 0 Å². The fourth-order valence-electron chi connectivity index (χ4n) is 1.79. The predicted molar refractivity (Wildman–Crippen MR) is 79.0 cm³/mol. The van der Waals surface area contributed by atoms with Crippen molar-refractivity contribution in [1.82, 2.24) is 0 Å². The minimum absolute atomic E-state index is 0.0321. The Hall–Kier alpha value is -2.41. The van der Waals surface area contributed by atoms with Crippen LogP contribution in [-0.2, 0) is 0 Å². The summed E-state index contributed by atoms with van der Waals surface area (Å²) in [6, 6.07) is 8.93. The number of carboxylic acid groups (broad SMARTS) is 1. The zero-order valence-electron chi connectivity index (χ0n) is 10.9. The highest BCUT2D eigenvalue weighted by Crippen LogP contribution is 2.33. The van der Waals surface area contributed by atoms with Crippen LogP contribution in [0.3, 0.4) is 0 Å². The average Bonchev–Trinajstić information content (AvgIpc) is 2.42. The van der Waals surface area contributed by atoms with Crippen molar-refractivity contribution in [3.05, 3.63) is 62.1 Å². The number of hydrogen-bond donors (Lipinski definition) is 1. The van der Waals surface area contributed by atoms with Crippen molar-refractivity contribution in [3.63, 3.8) is 0 Å². The molecule has 0 bridgehead atoms. The lowest BCUT2D eigenvalue weighted by molar-refractivity contribution is -0.385. The summed E-state index contributed by atoms with van der Waals surface area (Å²) in [6.45, 7) is 1.55. The molecule has 0 spiro atoms. The Balaban J connectivity index is 2.46. The lowest BCUT2D eigenvalue weighted by atomic mass is 10.1. The third-order valence-electron chi connectivity index (χ3n) is 2.84. The SMILES string of the molecule is Cc1c(Oc2ccc(Br)cc2C(=O)O)cccc1[N+](=O)[O-]. The zero-order chi connectivity index (χ0) is 15.6. The summed E-state index contributed by atoms with van der Waals surface area (Å²) in [4.78, 5) is 21.6. The normalized spacial score (nSPS) is 10.2. The monoisotopic (exact) mass is 351 g/mol. The van der Waals surface area contributed by atoms with Crippen molar-refractivity contribution in [1.29, 1.82) is 0 Å². The van der Waals surface area contributed by atoms with E-state index in [4.69, 9.17) is 4.74 Å². The Morgan fingerprint density at radius 1 is 1.29 bits per heavy atom. The number of carboxylic acids is 1. The average molecular weight is 352 g/mol. The number of nitro groups is 1. The van der Waals surface area contributed by atoms with E-state index >= 15 is 0 Å². The molecule has 2 rings (SSSR count). The number of aromatic carboxylic acids is 1. The number of rotatable bonds is 4. The van der Waals surface area contributed by atoms with Crippen molar-refractivity contribution in [2.75, 3.05) is 0 Å². The molecule has 0 radical (unpaired) electrons. The van der Waals surface area contributed by atoms with Gasteiger partial charge in [0.05, 0.1) is 10.5 Å². The summed E-state index contributed by atoms with van der Waals surface area (Å²) in [5.41, 5.74) is 0.221. The topological polar surface area (TPSA) is 89.7 Å². The van der Waals surface area contributed by atoms with Gasteiger partial charge in [0.2, 0.25) is 0 Å². The van der Waals surface area contributed by atoms with Crippen LogP contribution >= 0.6 is 15.9 Å². The van der Waals surface area contributed by atoms with E-state index in [0.717, 1.165) is 0 Å². The van der Waals surface area contributed by atoms with Gasteiger partial charge in [-0.1, -0.05) is 22.0 Å². The van der Waals surface area contributed by atoms with Gasteiger partial charge >= 0.3 is 5.97 Å². The van der Waals surface area contributed by atoms with Crippen molar-refractivity contribution in [2.45, 2.75) is 6.92 Å². The van der Waals surface area contributed by atoms with Crippen molar-refractivity contribution in [3.8, 4) is 11.5 Å². The Morgan fingerprint density at radius 3 is 2.62 bits per heavy atom. The first-order valence-corrected chi connectivity index (χ1v) is 6.64. The number of halogens is 1. The van der Waals surface area contributed by atoms with Crippen LogP contribution in [0.25, 0.3) is 0 Å². The van der Waals surface area contributed by atoms with Crippen LogP contribution in [0.1, 0.15) is 15.9 Å². The van der Waals surface area contributed by atoms with Gasteiger partial charge < -0.3 is 9.84 Å². The minimum Gasteiger partial charge on any atom is -0.478 e. The first kappa shape index (κ1) is 15.0. The fourth-order valence-corrected chi connectivity index (χ4v) is 2.15. The smallest absolute Gasteiger partial charge is 0.339 e. The first-order valence-electron chi connectivity index (χ1n) is 5.85. The maximum absolute atomic E-state index is 11.2. The number of hydrogen-bond acceptors (Lipinski definition) is 4. The van der Waals surface area contributed by atoms with Crippen LogP contribution in [-0.4, -0.2) is 16.0 Å². The summed E-state index contributed by atoms with van der Waals surface area (Å²) >= 11 is 3.19. The van der Waals surface area contributed by atoms with Gasteiger partial charge in [-0.15, -0.1) is 0 Å². The summed E-state index contributed by atoms with van der Waals surface area (Å²) in [7, 11) is 0. The van der Waals surface area contributed by atoms with E-state index in [2.05, 4.69) is 15.9 Å². The Bertz CT molecular complexity index is 729. The van der Waals surface area contributed by atoms with Gasteiger partial charge in [-0.3, -0.25) is 10.1 Å². The highest BCUT2D eigenvalue weighted by Gasteiger charge is 2.17. The first-order chi connectivity index (χ1) is 9.90. The molecule has 0 aliphatic rings. The van der Waals surface area contributed by atoms with Crippen LogP contribution in [0.2, 0.25) is 0 Å². The van der Waals surface area contributed by atoms with Crippen molar-refractivity contribution >= 4 is 27.6 Å². The second kappa shape index (κ2) is 5.92. The molecule has 2 aromatic carbocycles. The molecule has 21 heavy (non-hydrogen) atoms. The molecule has 0 saturated heterocycles. The van der Waals surface area contributed by atoms with Crippen LogP contribution < -0.4 is 4.74 Å². The maximum atomic E-state index is 11.2. The molecule has 0 fully saturated rings. The predicted octanol–water partition coefficient (Wildman–Crippen LogP) is 4.16. The van der Waals surface area contributed by atoms with Gasteiger partial charge in [0.25, 0.3) is 5.69 Å². The Morgan fingerprint density at radius 2 is 2.00 bits per heavy atom. The summed E-state index contributed by atoms with van der Waals surface area (Å²) < 4.78 is 6.14. The standard InChI is InChI=1S/C14H10BrNO5/c1-8-11(16(19)20)3-2-4-12(8)21-13-6-5-9(15)7-10(13)14(17)18/h2-7H,1H3,(H,17,18). The molecule has 0 atom stereocenters. The van der Waals surface area contributed by atoms with E-state index in [0.29, 0.717) is 10.0 Å². The summed E-state index contributed by atoms with van der Waals surface area (Å²) in [5, 5.41) is 20.1. The third kappa shape index (κ3) is 3.19. The van der Waals surface area contributed by atoms with E-state index in [9.17, 15) is 20.0 Å². The summed E-state index contributed by atoms with van der Waals surface area (Å²) in [5.74, 6) is -0.780. The van der Waals surface area contributed by atoms with Gasteiger partial charge in [0, 0.05) is 10.5 Å². The van der Waals surface area contributed by atoms with Crippen LogP contribution in [0, 0.1) is 17.0 Å². The number of benzene rings is 2. The van der Waals surface area contributed by atoms with E-state index in [-0.39, 0.29) is 22.7 Å². The van der Waals surface area contributed by atoms with Gasteiger partial charge in [0.15, 0.2) is 0 Å². The van der Waals surface area contributed by atoms with Crippen molar-refractivity contribution < 1.29 is 19.6 Å². The molecule has 0 amide bonds. The fraction of sp³-hybridized carbons (Fsp3) is 0.0714. The van der Waals surface area contributed by atoms with E-state index in [1.807, 2.05) is 0 Å². The molecule has 0 aromatic heterocycles. The molecule has 0 aliphatic heterocycles. The molecule has 108 valence electrons. The minimum atomic E-state index is -1.14. The maximum Gasteiger partial charge on any atom is 0.339 e. The quantitative estimate of drug-likeness (QED) is 0.659. The molecule has 1 N–H and O–H groups in total. The van der Waals surface area contributed by atoms with Gasteiger partial charge in [-0.25, -0.2) is 4.79 Å². The van der Waals surface area contributed by atoms with Gasteiger partial charge in [-0.05, 0) is 31.2 Å². The second-order valence-corrected chi connectivity index (χ2v) is 5.12. The highest BCUT2D eigenvalue weighted by atomic mass is 79.9. The molecule has 0 unspecified atom stereocenters. The molecule has 6 nitrogen and oxygen atoms in total. The van der Waals surface area contributed by atoms with E-state index < -0.39 is 10.9 Å². The molecule has 0 saturated carbocycles. The number of carbonyl (C=O) groups is 1.